The van der Waals surface area contributed by atoms with Crippen LogP contribution in [0.1, 0.15) is 42.1 Å². The number of pyridine rings is 1. The number of hydrogen-bond acceptors (Lipinski definition) is 2. The summed E-state index contributed by atoms with van der Waals surface area (Å²) in [4.78, 5) is 4.49. The molecule has 1 aliphatic rings. The molecular weight excluding hydrogens is 270 g/mol. The van der Waals surface area contributed by atoms with Crippen molar-refractivity contribution in [1.82, 2.24) is 10.3 Å². The van der Waals surface area contributed by atoms with Crippen LogP contribution in [0, 0.1) is 11.6 Å². The third kappa shape index (κ3) is 2.81. The molecule has 2 aromatic rings. The summed E-state index contributed by atoms with van der Waals surface area (Å²) in [5, 5.41) is 3.36. The molecule has 2 unspecified atom stereocenters. The predicted octanol–water partition coefficient (Wildman–Crippen LogP) is 3.74. The van der Waals surface area contributed by atoms with Gasteiger partial charge in [-0.05, 0) is 48.7 Å². The zero-order chi connectivity index (χ0) is 14.8. The van der Waals surface area contributed by atoms with Crippen LogP contribution >= 0.6 is 0 Å². The van der Waals surface area contributed by atoms with Crippen molar-refractivity contribution < 1.29 is 8.78 Å². The molecule has 0 saturated carbocycles. The minimum absolute atomic E-state index is 0.114. The minimum atomic E-state index is -0.535. The van der Waals surface area contributed by atoms with Gasteiger partial charge in [0.2, 0.25) is 0 Å². The van der Waals surface area contributed by atoms with Crippen LogP contribution in [-0.2, 0) is 6.42 Å². The fourth-order valence-electron chi connectivity index (χ4n) is 3.24. The van der Waals surface area contributed by atoms with E-state index in [-0.39, 0.29) is 12.0 Å². The maximum atomic E-state index is 13.5. The van der Waals surface area contributed by atoms with Gasteiger partial charge < -0.3 is 5.32 Å². The summed E-state index contributed by atoms with van der Waals surface area (Å²) in [6.07, 6.45) is 3.70. The van der Waals surface area contributed by atoms with Crippen LogP contribution in [0.3, 0.4) is 0 Å². The highest BCUT2D eigenvalue weighted by Crippen LogP contribution is 2.40. The normalized spacial score (nSPS) is 18.5. The molecule has 21 heavy (non-hydrogen) atoms. The van der Waals surface area contributed by atoms with Crippen molar-refractivity contribution in [2.24, 2.45) is 0 Å². The Morgan fingerprint density at radius 2 is 2.05 bits per heavy atom. The van der Waals surface area contributed by atoms with Crippen LogP contribution in [-0.4, -0.2) is 11.5 Å². The van der Waals surface area contributed by atoms with E-state index >= 15 is 0 Å². The quantitative estimate of drug-likeness (QED) is 0.927. The van der Waals surface area contributed by atoms with Crippen LogP contribution in [0.15, 0.2) is 36.5 Å². The van der Waals surface area contributed by atoms with Crippen molar-refractivity contribution in [3.05, 3.63) is 65.0 Å². The van der Waals surface area contributed by atoms with E-state index in [9.17, 15) is 8.78 Å². The van der Waals surface area contributed by atoms with E-state index in [1.807, 2.05) is 13.0 Å². The summed E-state index contributed by atoms with van der Waals surface area (Å²) in [5.74, 6) is -0.915. The third-order valence-corrected chi connectivity index (χ3v) is 4.07. The molecule has 3 rings (SSSR count). The van der Waals surface area contributed by atoms with Gasteiger partial charge in [0, 0.05) is 29.9 Å². The topological polar surface area (TPSA) is 24.9 Å². The Bertz CT molecular complexity index is 622. The first-order valence-corrected chi connectivity index (χ1v) is 7.32. The Morgan fingerprint density at radius 3 is 2.76 bits per heavy atom. The van der Waals surface area contributed by atoms with E-state index in [0.717, 1.165) is 31.1 Å². The van der Waals surface area contributed by atoms with Crippen molar-refractivity contribution in [3.8, 4) is 0 Å². The number of benzene rings is 1. The molecule has 2 atom stereocenters. The summed E-state index contributed by atoms with van der Waals surface area (Å²) in [7, 11) is 0. The highest BCUT2D eigenvalue weighted by Gasteiger charge is 2.31. The second-order valence-corrected chi connectivity index (χ2v) is 5.43. The van der Waals surface area contributed by atoms with E-state index in [1.165, 1.54) is 17.7 Å². The lowest BCUT2D eigenvalue weighted by atomic mass is 9.90. The van der Waals surface area contributed by atoms with Crippen molar-refractivity contribution in [2.75, 3.05) is 6.54 Å². The minimum Gasteiger partial charge on any atom is -0.310 e. The van der Waals surface area contributed by atoms with Gasteiger partial charge in [-0.2, -0.15) is 0 Å². The van der Waals surface area contributed by atoms with E-state index in [0.29, 0.717) is 5.56 Å². The van der Waals surface area contributed by atoms with Crippen molar-refractivity contribution in [1.29, 1.82) is 0 Å². The second kappa shape index (κ2) is 5.90. The number of nitrogens with zero attached hydrogens (tertiary/aromatic N) is 1. The fourth-order valence-corrected chi connectivity index (χ4v) is 3.24. The Labute approximate surface area is 123 Å². The summed E-state index contributed by atoms with van der Waals surface area (Å²) < 4.78 is 27.1. The van der Waals surface area contributed by atoms with E-state index in [4.69, 9.17) is 0 Å². The predicted molar refractivity (Wildman–Crippen MR) is 78.1 cm³/mol. The Kier molecular flexibility index (Phi) is 3.97. The SMILES string of the molecule is CCNC(c1cc(F)cc(F)c1)C1CCc2cccnc21. The molecule has 0 fully saturated rings. The van der Waals surface area contributed by atoms with Crippen LogP contribution in [0.25, 0.3) is 0 Å². The van der Waals surface area contributed by atoms with Crippen molar-refractivity contribution in [2.45, 2.75) is 31.7 Å². The molecular formula is C17H18F2N2. The van der Waals surface area contributed by atoms with Crippen molar-refractivity contribution >= 4 is 0 Å². The molecule has 2 nitrogen and oxygen atoms in total. The molecule has 110 valence electrons. The molecule has 0 spiro atoms. The number of aryl methyl sites for hydroxylation is 1. The molecule has 4 heteroatoms. The summed E-state index contributed by atoms with van der Waals surface area (Å²) in [6.45, 7) is 2.73. The first kappa shape index (κ1) is 14.1. The molecule has 0 aliphatic heterocycles. The summed E-state index contributed by atoms with van der Waals surface area (Å²) in [6, 6.07) is 7.64. The Hall–Kier alpha value is -1.81. The van der Waals surface area contributed by atoms with Crippen LogP contribution in [0.4, 0.5) is 8.78 Å². The molecule has 0 amide bonds. The number of fused-ring (bicyclic) bond motifs is 1. The molecule has 0 bridgehead atoms. The molecule has 1 aromatic heterocycles. The molecule has 1 N–H and O–H groups in total. The van der Waals surface area contributed by atoms with E-state index < -0.39 is 11.6 Å². The largest absolute Gasteiger partial charge is 0.310 e. The van der Waals surface area contributed by atoms with Gasteiger partial charge in [-0.3, -0.25) is 4.98 Å². The van der Waals surface area contributed by atoms with Crippen LogP contribution in [0.2, 0.25) is 0 Å². The van der Waals surface area contributed by atoms with E-state index in [1.54, 1.807) is 6.20 Å². The zero-order valence-corrected chi connectivity index (χ0v) is 11.9. The lowest BCUT2D eigenvalue weighted by Crippen LogP contribution is -2.26. The summed E-state index contributed by atoms with van der Waals surface area (Å²) in [5.41, 5.74) is 2.94. The molecule has 1 heterocycles. The maximum absolute atomic E-state index is 13.5. The lowest BCUT2D eigenvalue weighted by molar-refractivity contribution is 0.442. The van der Waals surface area contributed by atoms with Gasteiger partial charge in [0.15, 0.2) is 0 Å². The van der Waals surface area contributed by atoms with Gasteiger partial charge in [0.05, 0.1) is 0 Å². The first-order valence-electron chi connectivity index (χ1n) is 7.32. The van der Waals surface area contributed by atoms with Gasteiger partial charge in [0.1, 0.15) is 11.6 Å². The van der Waals surface area contributed by atoms with Gasteiger partial charge in [0.25, 0.3) is 0 Å². The number of aromatic nitrogens is 1. The fraction of sp³-hybridized carbons (Fsp3) is 0.353. The number of rotatable bonds is 4. The van der Waals surface area contributed by atoms with Crippen molar-refractivity contribution in [3.63, 3.8) is 0 Å². The first-order chi connectivity index (χ1) is 10.2. The van der Waals surface area contributed by atoms with Gasteiger partial charge in [-0.25, -0.2) is 8.78 Å². The van der Waals surface area contributed by atoms with Gasteiger partial charge in [-0.1, -0.05) is 13.0 Å². The lowest BCUT2D eigenvalue weighted by Gasteiger charge is -2.25. The number of hydrogen-bond donors (Lipinski definition) is 1. The average molecular weight is 288 g/mol. The molecule has 1 aromatic carbocycles. The Balaban J connectivity index is 1.99. The number of likely N-dealkylation sites (N-methyl/N-ethyl adjacent to an activating group) is 1. The van der Waals surface area contributed by atoms with Crippen LogP contribution < -0.4 is 5.32 Å². The number of nitrogens with one attached hydrogen (secondary N) is 1. The average Bonchev–Trinajstić information content (AvgIpc) is 2.87. The van der Waals surface area contributed by atoms with E-state index in [2.05, 4.69) is 16.4 Å². The molecule has 0 saturated heterocycles. The third-order valence-electron chi connectivity index (χ3n) is 4.07. The zero-order valence-electron chi connectivity index (χ0n) is 11.9. The maximum Gasteiger partial charge on any atom is 0.126 e. The highest BCUT2D eigenvalue weighted by atomic mass is 19.1. The molecule has 1 aliphatic carbocycles. The van der Waals surface area contributed by atoms with Crippen LogP contribution in [0.5, 0.6) is 0 Å². The Morgan fingerprint density at radius 1 is 1.29 bits per heavy atom. The monoisotopic (exact) mass is 288 g/mol. The number of halogens is 2. The van der Waals surface area contributed by atoms with Gasteiger partial charge in [-0.15, -0.1) is 0 Å². The second-order valence-electron chi connectivity index (χ2n) is 5.43. The highest BCUT2D eigenvalue weighted by molar-refractivity contribution is 5.34. The standard InChI is InChI=1S/C17H18F2N2/c1-2-20-17(12-8-13(18)10-14(19)9-12)15-6-5-11-4-3-7-21-16(11)15/h3-4,7-10,15,17,20H,2,5-6H2,1H3. The van der Waals surface area contributed by atoms with Gasteiger partial charge >= 0.3 is 0 Å². The smallest absolute Gasteiger partial charge is 0.126 e. The molecule has 0 radical (unpaired) electrons. The summed E-state index contributed by atoms with van der Waals surface area (Å²) >= 11 is 0.